The molecule has 1 aromatic carbocycles. The van der Waals surface area contributed by atoms with E-state index < -0.39 is 11.7 Å². The maximum Gasteiger partial charge on any atom is 0.419 e. The lowest BCUT2D eigenvalue weighted by Gasteiger charge is -2.14. The van der Waals surface area contributed by atoms with Gasteiger partial charge in [-0.1, -0.05) is 0 Å². The van der Waals surface area contributed by atoms with Crippen LogP contribution in [0.2, 0.25) is 0 Å². The summed E-state index contributed by atoms with van der Waals surface area (Å²) in [7, 11) is 0. The minimum atomic E-state index is -4.53. The molecule has 0 saturated carbocycles. The Morgan fingerprint density at radius 2 is 2.00 bits per heavy atom. The second-order valence-corrected chi connectivity index (χ2v) is 3.96. The van der Waals surface area contributed by atoms with Crippen molar-refractivity contribution in [2.75, 3.05) is 6.61 Å². The van der Waals surface area contributed by atoms with Crippen LogP contribution >= 0.6 is 0 Å². The summed E-state index contributed by atoms with van der Waals surface area (Å²) in [5, 5.41) is 0. The summed E-state index contributed by atoms with van der Waals surface area (Å²) in [4.78, 5) is 10.5. The van der Waals surface area contributed by atoms with Crippen molar-refractivity contribution in [1.29, 1.82) is 0 Å². The second-order valence-electron chi connectivity index (χ2n) is 3.96. The number of carbonyl (C=O) groups is 1. The Labute approximate surface area is 113 Å². The van der Waals surface area contributed by atoms with E-state index in [1.807, 2.05) is 0 Å². The summed E-state index contributed by atoms with van der Waals surface area (Å²) < 4.78 is 49.0. The number of carbonyl (C=O) groups excluding carboxylic acids is 1. The molecule has 0 amide bonds. The highest BCUT2D eigenvalue weighted by molar-refractivity contribution is 5.73. The normalized spacial score (nSPS) is 11.4. The molecule has 20 heavy (non-hydrogen) atoms. The molecule has 0 N–H and O–H groups in total. The van der Waals surface area contributed by atoms with Gasteiger partial charge in [-0.2, -0.15) is 13.2 Å². The minimum Gasteiger partial charge on any atom is -0.493 e. The highest BCUT2D eigenvalue weighted by Gasteiger charge is 2.34. The fourth-order valence-corrected chi connectivity index (χ4v) is 1.76. The molecular formula is C14H11F3O3. The first-order valence-corrected chi connectivity index (χ1v) is 5.85. The first-order chi connectivity index (χ1) is 9.45. The number of alkyl halides is 3. The van der Waals surface area contributed by atoms with Crippen molar-refractivity contribution in [1.82, 2.24) is 0 Å². The summed E-state index contributed by atoms with van der Waals surface area (Å²) in [5.41, 5.74) is -0.644. The van der Waals surface area contributed by atoms with Crippen molar-refractivity contribution in [3.63, 3.8) is 0 Å². The van der Waals surface area contributed by atoms with Gasteiger partial charge in [0.25, 0.3) is 0 Å². The molecule has 1 heterocycles. The quantitative estimate of drug-likeness (QED) is 0.791. The van der Waals surface area contributed by atoms with E-state index in [0.717, 1.165) is 6.07 Å². The summed E-state index contributed by atoms with van der Waals surface area (Å²) in [5.74, 6) is 0.0222. The summed E-state index contributed by atoms with van der Waals surface area (Å²) in [6.45, 7) is 1.75. The Kier molecular flexibility index (Phi) is 3.83. The van der Waals surface area contributed by atoms with E-state index in [1.165, 1.54) is 24.3 Å². The zero-order valence-electron chi connectivity index (χ0n) is 10.5. The number of halogens is 3. The van der Waals surface area contributed by atoms with Crippen LogP contribution in [0.3, 0.4) is 0 Å². The highest BCUT2D eigenvalue weighted by atomic mass is 19.4. The van der Waals surface area contributed by atoms with Gasteiger partial charge < -0.3 is 9.15 Å². The molecule has 0 radical (unpaired) electrons. The third-order valence-electron chi connectivity index (χ3n) is 2.61. The van der Waals surface area contributed by atoms with Gasteiger partial charge in [-0.05, 0) is 37.3 Å². The predicted octanol–water partition coefficient (Wildman–Crippen LogP) is 4.18. The fourth-order valence-electron chi connectivity index (χ4n) is 1.76. The molecule has 2 rings (SSSR count). The fraction of sp³-hybridized carbons (Fsp3) is 0.214. The van der Waals surface area contributed by atoms with Gasteiger partial charge in [0.05, 0.1) is 12.2 Å². The lowest BCUT2D eigenvalue weighted by molar-refractivity contribution is -0.138. The number of ether oxygens (including phenoxy) is 1. The summed E-state index contributed by atoms with van der Waals surface area (Å²) in [6.07, 6.45) is -4.04. The van der Waals surface area contributed by atoms with E-state index in [2.05, 4.69) is 0 Å². The number of furan rings is 1. The molecule has 0 aliphatic carbocycles. The van der Waals surface area contributed by atoms with Crippen LogP contribution in [0.25, 0.3) is 11.3 Å². The van der Waals surface area contributed by atoms with Crippen molar-refractivity contribution in [2.24, 2.45) is 0 Å². The van der Waals surface area contributed by atoms with Crippen LogP contribution in [0, 0.1) is 0 Å². The van der Waals surface area contributed by atoms with Gasteiger partial charge >= 0.3 is 6.18 Å². The first-order valence-electron chi connectivity index (χ1n) is 5.85. The molecule has 0 saturated heterocycles. The first kappa shape index (κ1) is 14.2. The predicted molar refractivity (Wildman–Crippen MR) is 65.7 cm³/mol. The van der Waals surface area contributed by atoms with Crippen LogP contribution in [0.5, 0.6) is 5.75 Å². The van der Waals surface area contributed by atoms with E-state index in [4.69, 9.17) is 9.15 Å². The number of hydrogen-bond acceptors (Lipinski definition) is 3. The van der Waals surface area contributed by atoms with Crippen LogP contribution in [0.1, 0.15) is 23.0 Å². The van der Waals surface area contributed by atoms with Gasteiger partial charge in [0.1, 0.15) is 11.5 Å². The molecule has 6 heteroatoms. The van der Waals surface area contributed by atoms with Gasteiger partial charge in [-0.25, -0.2) is 0 Å². The van der Waals surface area contributed by atoms with Crippen LogP contribution in [-0.4, -0.2) is 12.9 Å². The van der Waals surface area contributed by atoms with Gasteiger partial charge in [0.2, 0.25) is 0 Å². The third-order valence-corrected chi connectivity index (χ3v) is 2.61. The Morgan fingerprint density at radius 3 is 2.55 bits per heavy atom. The second kappa shape index (κ2) is 5.40. The number of benzene rings is 1. The standard InChI is InChI=1S/C14H11F3O3/c1-2-19-13-5-3-9(7-11(13)14(15,16)17)12-6-4-10(8-18)20-12/h3-8H,2H2,1H3. The lowest BCUT2D eigenvalue weighted by atomic mass is 10.1. The lowest BCUT2D eigenvalue weighted by Crippen LogP contribution is -2.08. The van der Waals surface area contributed by atoms with Gasteiger partial charge in [-0.15, -0.1) is 0 Å². The van der Waals surface area contributed by atoms with Crippen LogP contribution in [0.15, 0.2) is 34.7 Å². The molecular weight excluding hydrogens is 273 g/mol. The van der Waals surface area contributed by atoms with Gasteiger partial charge in [0, 0.05) is 5.56 Å². The maximum atomic E-state index is 13.0. The number of aldehydes is 1. The molecule has 0 spiro atoms. The molecule has 0 atom stereocenters. The van der Waals surface area contributed by atoms with Crippen molar-refractivity contribution < 1.29 is 27.1 Å². The molecule has 1 aromatic heterocycles. The van der Waals surface area contributed by atoms with Crippen LogP contribution < -0.4 is 4.74 Å². The van der Waals surface area contributed by atoms with E-state index in [0.29, 0.717) is 6.29 Å². The van der Waals surface area contributed by atoms with Crippen molar-refractivity contribution >= 4 is 6.29 Å². The van der Waals surface area contributed by atoms with Crippen molar-refractivity contribution in [3.05, 3.63) is 41.7 Å². The van der Waals surface area contributed by atoms with Crippen molar-refractivity contribution in [2.45, 2.75) is 13.1 Å². The minimum absolute atomic E-state index is 0.0578. The SMILES string of the molecule is CCOc1ccc(-c2ccc(C=O)o2)cc1C(F)(F)F. The number of hydrogen-bond donors (Lipinski definition) is 0. The molecule has 106 valence electrons. The zero-order chi connectivity index (χ0) is 14.8. The topological polar surface area (TPSA) is 39.4 Å². The Balaban J connectivity index is 2.48. The summed E-state index contributed by atoms with van der Waals surface area (Å²) in [6, 6.07) is 6.47. The molecule has 0 unspecified atom stereocenters. The molecule has 0 aliphatic rings. The Morgan fingerprint density at radius 1 is 1.25 bits per heavy atom. The maximum absolute atomic E-state index is 13.0. The summed E-state index contributed by atoms with van der Waals surface area (Å²) >= 11 is 0. The highest BCUT2D eigenvalue weighted by Crippen LogP contribution is 2.39. The molecule has 2 aromatic rings. The monoisotopic (exact) mass is 284 g/mol. The Bertz CT molecular complexity index is 614. The smallest absolute Gasteiger partial charge is 0.419 e. The molecule has 3 nitrogen and oxygen atoms in total. The van der Waals surface area contributed by atoms with Crippen LogP contribution in [-0.2, 0) is 6.18 Å². The average Bonchev–Trinajstić information content (AvgIpc) is 2.87. The van der Waals surface area contributed by atoms with Crippen molar-refractivity contribution in [3.8, 4) is 17.1 Å². The number of rotatable bonds is 4. The largest absolute Gasteiger partial charge is 0.493 e. The molecule has 0 aliphatic heterocycles. The third kappa shape index (κ3) is 2.84. The molecule has 0 bridgehead atoms. The van der Waals surface area contributed by atoms with Gasteiger partial charge in [-0.3, -0.25) is 4.79 Å². The van der Waals surface area contributed by atoms with Crippen LogP contribution in [0.4, 0.5) is 13.2 Å². The average molecular weight is 284 g/mol. The van der Waals surface area contributed by atoms with E-state index in [9.17, 15) is 18.0 Å². The van der Waals surface area contributed by atoms with E-state index in [-0.39, 0.29) is 29.4 Å². The van der Waals surface area contributed by atoms with E-state index in [1.54, 1.807) is 6.92 Å². The Hall–Kier alpha value is -2.24. The van der Waals surface area contributed by atoms with Gasteiger partial charge in [0.15, 0.2) is 12.0 Å². The molecule has 0 fully saturated rings. The van der Waals surface area contributed by atoms with E-state index >= 15 is 0 Å². The zero-order valence-corrected chi connectivity index (χ0v) is 10.5.